The molecule has 6 heteroatoms. The molecule has 2 atom stereocenters. The molecule has 0 spiro atoms. The summed E-state index contributed by atoms with van der Waals surface area (Å²) in [5, 5.41) is 5.87. The SMILES string of the molecule is CC1CCNCC1CNC(=O)c1ccccc1C(F)(F)F. The molecule has 21 heavy (non-hydrogen) atoms. The van der Waals surface area contributed by atoms with E-state index in [0.717, 1.165) is 25.6 Å². The zero-order chi connectivity index (χ0) is 15.5. The molecule has 0 aliphatic carbocycles. The van der Waals surface area contributed by atoms with Crippen LogP contribution in [0.3, 0.4) is 0 Å². The maximum Gasteiger partial charge on any atom is 0.417 e. The number of halogens is 3. The Kier molecular flexibility index (Phi) is 4.88. The molecular weight excluding hydrogens is 281 g/mol. The minimum Gasteiger partial charge on any atom is -0.352 e. The van der Waals surface area contributed by atoms with Crippen LogP contribution < -0.4 is 10.6 Å². The van der Waals surface area contributed by atoms with Gasteiger partial charge in [0.2, 0.25) is 0 Å². The summed E-state index contributed by atoms with van der Waals surface area (Å²) in [4.78, 5) is 12.0. The van der Waals surface area contributed by atoms with E-state index in [1.807, 2.05) is 0 Å². The van der Waals surface area contributed by atoms with E-state index in [9.17, 15) is 18.0 Å². The van der Waals surface area contributed by atoms with Crippen LogP contribution in [0, 0.1) is 11.8 Å². The second-order valence-corrected chi connectivity index (χ2v) is 5.48. The molecule has 1 heterocycles. The van der Waals surface area contributed by atoms with E-state index < -0.39 is 17.6 Å². The Balaban J connectivity index is 2.04. The molecule has 1 fully saturated rings. The van der Waals surface area contributed by atoms with E-state index in [2.05, 4.69) is 17.6 Å². The van der Waals surface area contributed by atoms with Crippen molar-refractivity contribution in [3.8, 4) is 0 Å². The number of benzene rings is 1. The third-order valence-corrected chi connectivity index (χ3v) is 3.99. The lowest BCUT2D eigenvalue weighted by atomic mass is 9.88. The Bertz CT molecular complexity index is 502. The Labute approximate surface area is 121 Å². The summed E-state index contributed by atoms with van der Waals surface area (Å²) in [7, 11) is 0. The van der Waals surface area contributed by atoms with Crippen molar-refractivity contribution in [2.75, 3.05) is 19.6 Å². The van der Waals surface area contributed by atoms with Gasteiger partial charge >= 0.3 is 6.18 Å². The molecule has 0 bridgehead atoms. The second-order valence-electron chi connectivity index (χ2n) is 5.48. The van der Waals surface area contributed by atoms with Crippen molar-refractivity contribution < 1.29 is 18.0 Å². The largest absolute Gasteiger partial charge is 0.417 e. The number of nitrogens with one attached hydrogen (secondary N) is 2. The zero-order valence-electron chi connectivity index (χ0n) is 11.8. The molecule has 1 aromatic rings. The highest BCUT2D eigenvalue weighted by Gasteiger charge is 2.35. The predicted octanol–water partition coefficient (Wildman–Crippen LogP) is 2.68. The van der Waals surface area contributed by atoms with Gasteiger partial charge in [-0.15, -0.1) is 0 Å². The molecule has 1 aliphatic heterocycles. The smallest absolute Gasteiger partial charge is 0.352 e. The van der Waals surface area contributed by atoms with Gasteiger partial charge in [0.15, 0.2) is 0 Å². The van der Waals surface area contributed by atoms with Gasteiger partial charge in [-0.25, -0.2) is 0 Å². The summed E-state index contributed by atoms with van der Waals surface area (Å²) in [5.74, 6) is 0.0332. The van der Waals surface area contributed by atoms with E-state index in [4.69, 9.17) is 0 Å². The molecule has 1 amide bonds. The van der Waals surface area contributed by atoms with Crippen LogP contribution >= 0.6 is 0 Å². The van der Waals surface area contributed by atoms with Crippen molar-refractivity contribution in [1.29, 1.82) is 0 Å². The van der Waals surface area contributed by atoms with Crippen LogP contribution in [-0.2, 0) is 6.18 Å². The van der Waals surface area contributed by atoms with Crippen molar-refractivity contribution in [1.82, 2.24) is 10.6 Å². The molecular formula is C15H19F3N2O. The third kappa shape index (κ3) is 3.97. The number of hydrogen-bond donors (Lipinski definition) is 2. The second kappa shape index (κ2) is 6.47. The molecule has 2 rings (SSSR count). The van der Waals surface area contributed by atoms with Crippen LogP contribution in [0.2, 0.25) is 0 Å². The van der Waals surface area contributed by atoms with Gasteiger partial charge in [-0.05, 0) is 43.5 Å². The molecule has 116 valence electrons. The molecule has 2 N–H and O–H groups in total. The van der Waals surface area contributed by atoms with Crippen LogP contribution in [0.25, 0.3) is 0 Å². The maximum atomic E-state index is 12.9. The van der Waals surface area contributed by atoms with Crippen molar-refractivity contribution >= 4 is 5.91 Å². The third-order valence-electron chi connectivity index (χ3n) is 3.99. The highest BCUT2D eigenvalue weighted by molar-refractivity contribution is 5.95. The standard InChI is InChI=1S/C15H19F3N2O/c1-10-6-7-19-8-11(10)9-20-14(21)12-4-2-3-5-13(12)15(16,17)18/h2-5,10-11,19H,6-9H2,1H3,(H,20,21). The van der Waals surface area contributed by atoms with Gasteiger partial charge in [0.1, 0.15) is 0 Å². The average molecular weight is 300 g/mol. The lowest BCUT2D eigenvalue weighted by molar-refractivity contribution is -0.137. The molecule has 1 aromatic carbocycles. The van der Waals surface area contributed by atoms with E-state index in [1.54, 1.807) is 0 Å². The Morgan fingerprint density at radius 2 is 2.10 bits per heavy atom. The van der Waals surface area contributed by atoms with Crippen LogP contribution in [0.5, 0.6) is 0 Å². The Hall–Kier alpha value is -1.56. The van der Waals surface area contributed by atoms with Crippen LogP contribution in [0.15, 0.2) is 24.3 Å². The molecule has 0 radical (unpaired) electrons. The van der Waals surface area contributed by atoms with Crippen LogP contribution in [-0.4, -0.2) is 25.5 Å². The summed E-state index contributed by atoms with van der Waals surface area (Å²) < 4.78 is 38.6. The first-order valence-electron chi connectivity index (χ1n) is 7.04. The lowest BCUT2D eigenvalue weighted by Crippen LogP contribution is -2.42. The minimum atomic E-state index is -4.52. The Morgan fingerprint density at radius 1 is 1.38 bits per heavy atom. The molecule has 3 nitrogen and oxygen atoms in total. The number of hydrogen-bond acceptors (Lipinski definition) is 2. The number of piperidine rings is 1. The van der Waals surface area contributed by atoms with E-state index in [1.165, 1.54) is 18.2 Å². The van der Waals surface area contributed by atoms with Crippen molar-refractivity contribution in [2.45, 2.75) is 19.5 Å². The summed E-state index contributed by atoms with van der Waals surface area (Å²) >= 11 is 0. The van der Waals surface area contributed by atoms with E-state index in [-0.39, 0.29) is 11.5 Å². The first-order valence-corrected chi connectivity index (χ1v) is 7.04. The van der Waals surface area contributed by atoms with Crippen molar-refractivity contribution in [2.24, 2.45) is 11.8 Å². The van der Waals surface area contributed by atoms with Crippen molar-refractivity contribution in [3.63, 3.8) is 0 Å². The molecule has 0 saturated carbocycles. The summed E-state index contributed by atoms with van der Waals surface area (Å²) in [6.07, 6.45) is -3.51. The number of amides is 1. The summed E-state index contributed by atoms with van der Waals surface area (Å²) in [6.45, 7) is 4.21. The van der Waals surface area contributed by atoms with Crippen molar-refractivity contribution in [3.05, 3.63) is 35.4 Å². The van der Waals surface area contributed by atoms with Gasteiger partial charge in [0.05, 0.1) is 11.1 Å². The lowest BCUT2D eigenvalue weighted by Gasteiger charge is -2.29. The average Bonchev–Trinajstić information content (AvgIpc) is 2.45. The first kappa shape index (κ1) is 15.8. The normalized spacial score (nSPS) is 22.9. The van der Waals surface area contributed by atoms with Gasteiger partial charge in [-0.2, -0.15) is 13.2 Å². The first-order chi connectivity index (χ1) is 9.89. The number of carbonyl (C=O) groups is 1. The quantitative estimate of drug-likeness (QED) is 0.901. The van der Waals surface area contributed by atoms with Gasteiger partial charge in [-0.3, -0.25) is 4.79 Å². The van der Waals surface area contributed by atoms with Crippen LogP contribution in [0.1, 0.15) is 29.3 Å². The number of rotatable bonds is 3. The maximum absolute atomic E-state index is 12.9. The van der Waals surface area contributed by atoms with Crippen LogP contribution in [0.4, 0.5) is 13.2 Å². The highest BCUT2D eigenvalue weighted by atomic mass is 19.4. The number of alkyl halides is 3. The van der Waals surface area contributed by atoms with Gasteiger partial charge in [0, 0.05) is 6.54 Å². The zero-order valence-corrected chi connectivity index (χ0v) is 11.8. The predicted molar refractivity (Wildman–Crippen MR) is 73.9 cm³/mol. The summed E-state index contributed by atoms with van der Waals surface area (Å²) in [6, 6.07) is 4.86. The van der Waals surface area contributed by atoms with Gasteiger partial charge in [0.25, 0.3) is 5.91 Å². The topological polar surface area (TPSA) is 41.1 Å². The fourth-order valence-corrected chi connectivity index (χ4v) is 2.57. The van der Waals surface area contributed by atoms with Gasteiger partial charge in [-0.1, -0.05) is 19.1 Å². The highest BCUT2D eigenvalue weighted by Crippen LogP contribution is 2.31. The fourth-order valence-electron chi connectivity index (χ4n) is 2.57. The number of carbonyl (C=O) groups excluding carboxylic acids is 1. The summed E-state index contributed by atoms with van der Waals surface area (Å²) in [5.41, 5.74) is -1.21. The van der Waals surface area contributed by atoms with Gasteiger partial charge < -0.3 is 10.6 Å². The monoisotopic (exact) mass is 300 g/mol. The Morgan fingerprint density at radius 3 is 2.76 bits per heavy atom. The molecule has 2 unspecified atom stereocenters. The van der Waals surface area contributed by atoms with E-state index in [0.29, 0.717) is 12.5 Å². The molecule has 1 aliphatic rings. The molecule has 0 aromatic heterocycles. The fraction of sp³-hybridized carbons (Fsp3) is 0.533. The molecule has 1 saturated heterocycles. The minimum absolute atomic E-state index is 0.251. The van der Waals surface area contributed by atoms with E-state index >= 15 is 0 Å².